The first-order chi connectivity index (χ1) is 7.95. The number of carboxylic acid groups (broad SMARTS) is 1. The second-order valence-corrected chi connectivity index (χ2v) is 4.24. The highest BCUT2D eigenvalue weighted by Gasteiger charge is 2.19. The molecule has 1 aromatic carbocycles. The van der Waals surface area contributed by atoms with Crippen LogP contribution in [0.3, 0.4) is 0 Å². The van der Waals surface area contributed by atoms with Crippen LogP contribution in [0.2, 0.25) is 0 Å². The van der Waals surface area contributed by atoms with E-state index >= 15 is 0 Å². The predicted molar refractivity (Wildman–Crippen MR) is 65.2 cm³/mol. The number of hydrogen-bond acceptors (Lipinski definition) is 2. The van der Waals surface area contributed by atoms with Gasteiger partial charge in [0.25, 0.3) is 0 Å². The molecule has 1 aromatic heterocycles. The topological polar surface area (TPSA) is 62.5 Å². The number of aryl methyl sites for hydroxylation is 1. The number of hydrogen-bond donors (Lipinski definition) is 2. The fraction of sp³-hybridized carbons (Fsp3) is 0.308. The van der Waals surface area contributed by atoms with E-state index in [1.54, 1.807) is 19.1 Å². The maximum absolute atomic E-state index is 11.2. The third kappa shape index (κ3) is 1.61. The molecule has 1 heterocycles. The van der Waals surface area contributed by atoms with Gasteiger partial charge >= 0.3 is 5.97 Å². The van der Waals surface area contributed by atoms with Gasteiger partial charge in [0.1, 0.15) is 0 Å². The molecule has 4 nitrogen and oxygen atoms in total. The Morgan fingerprint density at radius 2 is 2.06 bits per heavy atom. The van der Waals surface area contributed by atoms with Gasteiger partial charge in [0.2, 0.25) is 0 Å². The number of rotatable bonds is 2. The van der Waals surface area contributed by atoms with Crippen LogP contribution >= 0.6 is 0 Å². The Labute approximate surface area is 99.1 Å². The Kier molecular flexibility index (Phi) is 2.67. The molecule has 0 fully saturated rings. The SMILES string of the molecule is Cc1c(C(C)O)c2cccc(C(=O)O)c2n1C. The Hall–Kier alpha value is -1.81. The Morgan fingerprint density at radius 3 is 2.59 bits per heavy atom. The number of aliphatic hydroxyl groups is 1. The third-order valence-corrected chi connectivity index (χ3v) is 3.20. The number of benzene rings is 1. The van der Waals surface area contributed by atoms with Crippen molar-refractivity contribution >= 4 is 16.9 Å². The number of aliphatic hydroxyl groups excluding tert-OH is 1. The molecule has 90 valence electrons. The third-order valence-electron chi connectivity index (χ3n) is 3.20. The molecule has 0 radical (unpaired) electrons. The quantitative estimate of drug-likeness (QED) is 0.836. The summed E-state index contributed by atoms with van der Waals surface area (Å²) in [6.45, 7) is 3.57. The van der Waals surface area contributed by atoms with E-state index in [9.17, 15) is 15.0 Å². The van der Waals surface area contributed by atoms with E-state index in [2.05, 4.69) is 0 Å². The number of aromatic nitrogens is 1. The number of aromatic carboxylic acids is 1. The van der Waals surface area contributed by atoms with Crippen LogP contribution in [-0.4, -0.2) is 20.7 Å². The lowest BCUT2D eigenvalue weighted by Crippen LogP contribution is -2.01. The summed E-state index contributed by atoms with van der Waals surface area (Å²) in [5.41, 5.74) is 2.61. The summed E-state index contributed by atoms with van der Waals surface area (Å²) in [6, 6.07) is 5.13. The maximum Gasteiger partial charge on any atom is 0.337 e. The van der Waals surface area contributed by atoms with Crippen LogP contribution in [0.5, 0.6) is 0 Å². The van der Waals surface area contributed by atoms with Crippen LogP contribution in [0.25, 0.3) is 10.9 Å². The summed E-state index contributed by atoms with van der Waals surface area (Å²) in [7, 11) is 1.82. The summed E-state index contributed by atoms with van der Waals surface area (Å²) in [5.74, 6) is -0.951. The van der Waals surface area contributed by atoms with Gasteiger partial charge in [-0.1, -0.05) is 12.1 Å². The Balaban J connectivity index is 2.94. The average molecular weight is 233 g/mol. The Bertz CT molecular complexity index is 596. The van der Waals surface area contributed by atoms with Gasteiger partial charge in [0.15, 0.2) is 0 Å². The van der Waals surface area contributed by atoms with Gasteiger partial charge in [-0.2, -0.15) is 0 Å². The van der Waals surface area contributed by atoms with Crippen molar-refractivity contribution in [2.75, 3.05) is 0 Å². The molecular weight excluding hydrogens is 218 g/mol. The molecule has 0 amide bonds. The van der Waals surface area contributed by atoms with Crippen molar-refractivity contribution in [1.82, 2.24) is 4.57 Å². The van der Waals surface area contributed by atoms with Gasteiger partial charge in [-0.05, 0) is 19.9 Å². The van der Waals surface area contributed by atoms with Gasteiger partial charge < -0.3 is 14.8 Å². The van der Waals surface area contributed by atoms with Gasteiger partial charge in [0, 0.05) is 23.7 Å². The summed E-state index contributed by atoms with van der Waals surface area (Å²) in [6.07, 6.45) is -0.609. The highest BCUT2D eigenvalue weighted by atomic mass is 16.4. The number of fused-ring (bicyclic) bond motifs is 1. The molecule has 0 aliphatic heterocycles. The molecule has 17 heavy (non-hydrogen) atoms. The fourth-order valence-electron chi connectivity index (χ4n) is 2.37. The van der Waals surface area contributed by atoms with Crippen LogP contribution in [0.1, 0.15) is 34.6 Å². The minimum atomic E-state index is -0.951. The zero-order valence-corrected chi connectivity index (χ0v) is 10.1. The van der Waals surface area contributed by atoms with E-state index in [0.717, 1.165) is 16.6 Å². The number of carboxylic acids is 1. The van der Waals surface area contributed by atoms with Crippen molar-refractivity contribution in [3.05, 3.63) is 35.0 Å². The van der Waals surface area contributed by atoms with Crippen LogP contribution in [0, 0.1) is 6.92 Å². The highest BCUT2D eigenvalue weighted by Crippen LogP contribution is 2.31. The highest BCUT2D eigenvalue weighted by molar-refractivity contribution is 6.03. The molecule has 0 aliphatic rings. The predicted octanol–water partition coefficient (Wildman–Crippen LogP) is 2.24. The molecule has 2 N–H and O–H groups in total. The molecule has 0 bridgehead atoms. The lowest BCUT2D eigenvalue weighted by atomic mass is 10.0. The van der Waals surface area contributed by atoms with E-state index in [0.29, 0.717) is 5.52 Å². The second-order valence-electron chi connectivity index (χ2n) is 4.24. The average Bonchev–Trinajstić information content (AvgIpc) is 2.51. The molecule has 4 heteroatoms. The van der Waals surface area contributed by atoms with Crippen molar-refractivity contribution < 1.29 is 15.0 Å². The van der Waals surface area contributed by atoms with Crippen LogP contribution in [0.15, 0.2) is 18.2 Å². The van der Waals surface area contributed by atoms with Crippen molar-refractivity contribution in [2.24, 2.45) is 7.05 Å². The minimum Gasteiger partial charge on any atom is -0.478 e. The molecule has 1 atom stereocenters. The van der Waals surface area contributed by atoms with Crippen LogP contribution in [-0.2, 0) is 7.05 Å². The number of para-hydroxylation sites is 1. The molecule has 0 aliphatic carbocycles. The summed E-state index contributed by atoms with van der Waals surface area (Å²) >= 11 is 0. The number of carbonyl (C=O) groups is 1. The molecular formula is C13H15NO3. The molecule has 1 unspecified atom stereocenters. The van der Waals surface area contributed by atoms with Crippen molar-refractivity contribution in [1.29, 1.82) is 0 Å². The monoisotopic (exact) mass is 233 g/mol. The van der Waals surface area contributed by atoms with Gasteiger partial charge in [-0.15, -0.1) is 0 Å². The fourth-order valence-corrected chi connectivity index (χ4v) is 2.37. The number of nitrogens with zero attached hydrogens (tertiary/aromatic N) is 1. The molecule has 2 rings (SSSR count). The molecule has 0 spiro atoms. The summed E-state index contributed by atoms with van der Waals surface area (Å²) < 4.78 is 1.82. The molecule has 0 saturated heterocycles. The largest absolute Gasteiger partial charge is 0.478 e. The van der Waals surface area contributed by atoms with Gasteiger partial charge in [-0.25, -0.2) is 4.79 Å². The van der Waals surface area contributed by atoms with E-state index in [4.69, 9.17) is 0 Å². The zero-order valence-electron chi connectivity index (χ0n) is 10.1. The standard InChI is InChI=1S/C13H15NO3/c1-7-11(8(2)15)9-5-4-6-10(13(16)17)12(9)14(7)3/h4-6,8,15H,1-3H3,(H,16,17). The van der Waals surface area contributed by atoms with Gasteiger partial charge in [0.05, 0.1) is 17.2 Å². The lowest BCUT2D eigenvalue weighted by molar-refractivity contribution is 0.0698. The summed E-state index contributed by atoms with van der Waals surface area (Å²) in [4.78, 5) is 11.2. The van der Waals surface area contributed by atoms with Crippen LogP contribution < -0.4 is 0 Å². The molecule has 2 aromatic rings. The minimum absolute atomic E-state index is 0.264. The van der Waals surface area contributed by atoms with Crippen molar-refractivity contribution in [2.45, 2.75) is 20.0 Å². The summed E-state index contributed by atoms with van der Waals surface area (Å²) in [5, 5.41) is 19.8. The van der Waals surface area contributed by atoms with E-state index in [-0.39, 0.29) is 5.56 Å². The van der Waals surface area contributed by atoms with E-state index in [1.807, 2.05) is 24.6 Å². The maximum atomic E-state index is 11.2. The smallest absolute Gasteiger partial charge is 0.337 e. The molecule has 0 saturated carbocycles. The first-order valence-corrected chi connectivity index (χ1v) is 5.44. The van der Waals surface area contributed by atoms with Gasteiger partial charge in [-0.3, -0.25) is 0 Å². The first-order valence-electron chi connectivity index (χ1n) is 5.44. The first kappa shape index (κ1) is 11.7. The van der Waals surface area contributed by atoms with Crippen molar-refractivity contribution in [3.8, 4) is 0 Å². The van der Waals surface area contributed by atoms with E-state index < -0.39 is 12.1 Å². The second kappa shape index (κ2) is 3.89. The van der Waals surface area contributed by atoms with Crippen LogP contribution in [0.4, 0.5) is 0 Å². The van der Waals surface area contributed by atoms with Crippen molar-refractivity contribution in [3.63, 3.8) is 0 Å². The van der Waals surface area contributed by atoms with E-state index in [1.165, 1.54) is 0 Å². The normalized spacial score (nSPS) is 12.9. The zero-order chi connectivity index (χ0) is 12.7. The lowest BCUT2D eigenvalue weighted by Gasteiger charge is -2.04. The Morgan fingerprint density at radius 1 is 1.41 bits per heavy atom.